The van der Waals surface area contributed by atoms with Crippen molar-refractivity contribution in [2.75, 3.05) is 6.61 Å². The Kier molecular flexibility index (Phi) is 6.79. The fourth-order valence-corrected chi connectivity index (χ4v) is 4.52. The number of hydrogen-bond acceptors (Lipinski definition) is 8. The van der Waals surface area contributed by atoms with Gasteiger partial charge < -0.3 is 19.1 Å². The predicted octanol–water partition coefficient (Wildman–Crippen LogP) is 4.18. The van der Waals surface area contributed by atoms with Crippen LogP contribution in [0.3, 0.4) is 0 Å². The normalized spacial score (nSPS) is 17.9. The maximum Gasteiger partial charge on any atom is 0.323 e. The van der Waals surface area contributed by atoms with Crippen LogP contribution in [0.25, 0.3) is 17.4 Å². The highest BCUT2D eigenvalue weighted by Gasteiger charge is 2.43. The van der Waals surface area contributed by atoms with Crippen molar-refractivity contribution in [3.63, 3.8) is 0 Å². The molecule has 0 aliphatic carbocycles. The first-order valence-electron chi connectivity index (χ1n) is 10.5. The number of ketones is 1. The van der Waals surface area contributed by atoms with Crippen molar-refractivity contribution in [2.45, 2.75) is 13.8 Å². The molecule has 2 heterocycles. The first-order chi connectivity index (χ1) is 16.4. The van der Waals surface area contributed by atoms with Crippen molar-refractivity contribution >= 4 is 46.3 Å². The van der Waals surface area contributed by atoms with Gasteiger partial charge in [-0.25, -0.2) is 4.99 Å². The molecule has 1 aliphatic heterocycles. The fourth-order valence-electron chi connectivity index (χ4n) is 3.42. The summed E-state index contributed by atoms with van der Waals surface area (Å²) in [6.07, 6.45) is 1.52. The van der Waals surface area contributed by atoms with E-state index in [1.165, 1.54) is 12.1 Å². The quantitative estimate of drug-likeness (QED) is 0.299. The maximum atomic E-state index is 13.1. The Hall–Kier alpha value is -3.91. The van der Waals surface area contributed by atoms with Gasteiger partial charge in [-0.2, -0.15) is 0 Å². The molecular weight excluding hydrogens is 454 g/mol. The number of hydrogen-bond donors (Lipinski definition) is 0. The number of furan rings is 1. The Morgan fingerprint density at radius 2 is 1.85 bits per heavy atom. The summed E-state index contributed by atoms with van der Waals surface area (Å²) in [5, 5.41) is 11.7. The van der Waals surface area contributed by atoms with Crippen LogP contribution < -0.4 is 5.11 Å². The molecule has 1 unspecified atom stereocenters. The third-order valence-electron chi connectivity index (χ3n) is 5.07. The van der Waals surface area contributed by atoms with Gasteiger partial charge in [-0.05, 0) is 44.2 Å². The molecular formula is C26H20NO6S-. The number of carboxylic acid groups (broad SMARTS) is 1. The zero-order chi connectivity index (χ0) is 24.2. The van der Waals surface area contributed by atoms with Crippen LogP contribution in [0.4, 0.5) is 5.69 Å². The molecule has 0 saturated carbocycles. The van der Waals surface area contributed by atoms with E-state index in [-0.39, 0.29) is 17.1 Å². The van der Waals surface area contributed by atoms with E-state index in [1.807, 2.05) is 31.2 Å². The van der Waals surface area contributed by atoms with Gasteiger partial charge in [0, 0.05) is 11.1 Å². The number of thioether (sulfide) groups is 1. The van der Waals surface area contributed by atoms with Crippen molar-refractivity contribution < 1.29 is 28.6 Å². The number of nitrogens with zero attached hydrogens (tertiary/aromatic N) is 1. The lowest BCUT2D eigenvalue weighted by atomic mass is 10.1. The molecule has 1 aromatic heterocycles. The van der Waals surface area contributed by atoms with E-state index in [9.17, 15) is 19.5 Å². The molecule has 7 nitrogen and oxygen atoms in total. The maximum absolute atomic E-state index is 13.1. The van der Waals surface area contributed by atoms with Crippen LogP contribution >= 0.6 is 11.8 Å². The number of esters is 1. The van der Waals surface area contributed by atoms with Gasteiger partial charge in [0.1, 0.15) is 16.6 Å². The second-order valence-corrected chi connectivity index (χ2v) is 8.54. The van der Waals surface area contributed by atoms with Gasteiger partial charge in [-0.1, -0.05) is 53.7 Å². The third-order valence-corrected chi connectivity index (χ3v) is 6.15. The average molecular weight is 475 g/mol. The monoisotopic (exact) mass is 474 g/mol. The highest BCUT2D eigenvalue weighted by atomic mass is 32.2. The lowest BCUT2D eigenvalue weighted by molar-refractivity contribution is -0.255. The number of aryl methyl sites for hydroxylation is 1. The topological polar surface area (TPSA) is 109 Å². The molecule has 172 valence electrons. The Morgan fingerprint density at radius 1 is 1.12 bits per heavy atom. The lowest BCUT2D eigenvalue weighted by Crippen LogP contribution is -2.27. The van der Waals surface area contributed by atoms with Crippen LogP contribution in [0.2, 0.25) is 0 Å². The fraction of sp³-hybridized carbons (Fsp3) is 0.154. The molecule has 4 rings (SSSR count). The first-order valence-corrected chi connectivity index (χ1v) is 11.3. The second kappa shape index (κ2) is 9.93. The van der Waals surface area contributed by atoms with Crippen LogP contribution in [0.1, 0.15) is 28.6 Å². The number of benzene rings is 2. The van der Waals surface area contributed by atoms with E-state index >= 15 is 0 Å². The number of allylic oxidation sites excluding steroid dienone is 1. The number of ether oxygens (including phenoxy) is 1. The van der Waals surface area contributed by atoms with E-state index in [0.29, 0.717) is 27.8 Å². The van der Waals surface area contributed by atoms with Crippen molar-refractivity contribution in [3.8, 4) is 11.3 Å². The van der Waals surface area contributed by atoms with Gasteiger partial charge >= 0.3 is 5.97 Å². The molecule has 0 spiro atoms. The SMILES string of the molecule is CCOC(=O)C1C(=O)/C(=C/c2ccc(-c3ccccc3C(=O)[O-])o2)SC1=Nc1ccc(C)cc1. The minimum atomic E-state index is -1.32. The highest BCUT2D eigenvalue weighted by molar-refractivity contribution is 8.19. The van der Waals surface area contributed by atoms with Gasteiger partial charge in [0.05, 0.1) is 23.2 Å². The molecule has 0 amide bonds. The average Bonchev–Trinajstić information content (AvgIpc) is 3.40. The van der Waals surface area contributed by atoms with E-state index in [1.54, 1.807) is 37.3 Å². The number of Topliss-reactive ketones (excluding diaryl/α,β-unsaturated/α-hetero) is 1. The number of aliphatic imine (C=N–C) groups is 1. The number of carboxylic acids is 1. The Morgan fingerprint density at radius 3 is 2.56 bits per heavy atom. The summed E-state index contributed by atoms with van der Waals surface area (Å²) in [6.45, 7) is 3.77. The standard InChI is InChI=1S/C26H21NO6S/c1-3-32-26(31)22-23(28)21(34-24(22)27-16-10-8-15(2)9-11-16)14-17-12-13-20(33-17)18-6-4-5-7-19(18)25(29)30/h4-14,22H,3H2,1-2H3,(H,29,30)/p-1/b21-14-,27-24?. The van der Waals surface area contributed by atoms with Crippen molar-refractivity contribution in [1.82, 2.24) is 0 Å². The minimum Gasteiger partial charge on any atom is -0.545 e. The molecule has 2 aromatic carbocycles. The zero-order valence-electron chi connectivity index (χ0n) is 18.4. The van der Waals surface area contributed by atoms with E-state index < -0.39 is 23.6 Å². The highest BCUT2D eigenvalue weighted by Crippen LogP contribution is 2.39. The largest absolute Gasteiger partial charge is 0.545 e. The summed E-state index contributed by atoms with van der Waals surface area (Å²) in [4.78, 5) is 41.9. The Labute approximate surface area is 200 Å². The summed E-state index contributed by atoms with van der Waals surface area (Å²) < 4.78 is 10.9. The molecule has 3 aromatic rings. The lowest BCUT2D eigenvalue weighted by Gasteiger charge is -2.07. The van der Waals surface area contributed by atoms with E-state index in [4.69, 9.17) is 9.15 Å². The molecule has 34 heavy (non-hydrogen) atoms. The van der Waals surface area contributed by atoms with Crippen LogP contribution in [0, 0.1) is 12.8 Å². The number of carbonyl (C=O) groups excluding carboxylic acids is 3. The number of aromatic carboxylic acids is 1. The summed E-state index contributed by atoms with van der Waals surface area (Å²) >= 11 is 1.08. The van der Waals surface area contributed by atoms with Crippen molar-refractivity contribution in [1.29, 1.82) is 0 Å². The molecule has 8 heteroatoms. The summed E-state index contributed by atoms with van der Waals surface area (Å²) in [5.74, 6) is -2.90. The van der Waals surface area contributed by atoms with E-state index in [2.05, 4.69) is 4.99 Å². The molecule has 0 N–H and O–H groups in total. The molecule has 1 saturated heterocycles. The number of rotatable bonds is 6. The van der Waals surface area contributed by atoms with Gasteiger partial charge in [0.2, 0.25) is 0 Å². The van der Waals surface area contributed by atoms with Gasteiger partial charge in [-0.3, -0.25) is 9.59 Å². The van der Waals surface area contributed by atoms with Crippen molar-refractivity contribution in [2.24, 2.45) is 10.9 Å². The van der Waals surface area contributed by atoms with Crippen LogP contribution in [-0.2, 0) is 14.3 Å². The third kappa shape index (κ3) is 4.87. The summed E-state index contributed by atoms with van der Waals surface area (Å²) in [6, 6.07) is 17.0. The molecule has 1 aliphatic rings. The Bertz CT molecular complexity index is 1320. The zero-order valence-corrected chi connectivity index (χ0v) is 19.3. The van der Waals surface area contributed by atoms with Crippen LogP contribution in [-0.4, -0.2) is 29.4 Å². The molecule has 1 atom stereocenters. The van der Waals surface area contributed by atoms with Gasteiger partial charge in [0.15, 0.2) is 11.7 Å². The number of carbonyl (C=O) groups is 3. The molecule has 0 radical (unpaired) electrons. The summed E-state index contributed by atoms with van der Waals surface area (Å²) in [7, 11) is 0. The molecule has 1 fully saturated rings. The predicted molar refractivity (Wildman–Crippen MR) is 127 cm³/mol. The van der Waals surface area contributed by atoms with Gasteiger partial charge in [-0.15, -0.1) is 0 Å². The minimum absolute atomic E-state index is 0.00253. The van der Waals surface area contributed by atoms with Crippen LogP contribution in [0.5, 0.6) is 0 Å². The second-order valence-electron chi connectivity index (χ2n) is 7.48. The molecule has 0 bridgehead atoms. The Balaban J connectivity index is 1.68. The van der Waals surface area contributed by atoms with E-state index in [0.717, 1.165) is 17.3 Å². The van der Waals surface area contributed by atoms with Gasteiger partial charge in [0.25, 0.3) is 0 Å². The smallest absolute Gasteiger partial charge is 0.323 e. The van der Waals surface area contributed by atoms with Crippen molar-refractivity contribution in [3.05, 3.63) is 82.5 Å². The summed E-state index contributed by atoms with van der Waals surface area (Å²) in [5.41, 5.74) is 2.05. The first kappa shape index (κ1) is 23.3. The van der Waals surface area contributed by atoms with Crippen LogP contribution in [0.15, 0.2) is 75.0 Å².